The second kappa shape index (κ2) is 13.5. The zero-order valence-electron chi connectivity index (χ0n) is 21.1. The molecule has 0 N–H and O–H groups in total. The smallest absolute Gasteiger partial charge is 0.394 e. The van der Waals surface area contributed by atoms with Crippen LogP contribution in [0.3, 0.4) is 0 Å². The van der Waals surface area contributed by atoms with E-state index in [2.05, 4.69) is 52.4 Å². The lowest BCUT2D eigenvalue weighted by Crippen LogP contribution is -2.37. The molecule has 0 aliphatic carbocycles. The molecule has 33 heavy (non-hydrogen) atoms. The van der Waals surface area contributed by atoms with Gasteiger partial charge in [0.05, 0.1) is 0 Å². The van der Waals surface area contributed by atoms with Crippen molar-refractivity contribution in [3.05, 3.63) is 29.8 Å². The molecule has 0 spiro atoms. The first-order valence-corrected chi connectivity index (χ1v) is 17.3. The van der Waals surface area contributed by atoms with Crippen LogP contribution in [0, 0.1) is 0 Å². The summed E-state index contributed by atoms with van der Waals surface area (Å²) in [6, 6.07) is 8.12. The Hall–Kier alpha value is 0.220. The van der Waals surface area contributed by atoms with Crippen molar-refractivity contribution in [2.45, 2.75) is 92.1 Å². The third-order valence-electron chi connectivity index (χ3n) is 6.61. The molecular formula is C25H43N2O2PS3. The van der Waals surface area contributed by atoms with Crippen molar-refractivity contribution in [3.63, 3.8) is 0 Å². The van der Waals surface area contributed by atoms with E-state index in [4.69, 9.17) is 4.52 Å². The Kier molecular flexibility index (Phi) is 11.4. The summed E-state index contributed by atoms with van der Waals surface area (Å²) in [4.78, 5) is 0. The maximum Gasteiger partial charge on any atom is 0.394 e. The molecule has 0 radical (unpaired) electrons. The number of hydrogen-bond donors (Lipinski definition) is 0. The van der Waals surface area contributed by atoms with E-state index in [0.29, 0.717) is 5.75 Å². The monoisotopic (exact) mass is 530 g/mol. The molecule has 3 aliphatic rings. The third-order valence-corrected chi connectivity index (χ3v) is 14.7. The largest absolute Gasteiger partial charge is 0.422 e. The van der Waals surface area contributed by atoms with E-state index in [1.54, 1.807) is 37.5 Å². The average molecular weight is 531 g/mol. The van der Waals surface area contributed by atoms with E-state index < -0.39 is 7.67 Å². The Morgan fingerprint density at radius 1 is 0.939 bits per heavy atom. The number of rotatable bonds is 14. The van der Waals surface area contributed by atoms with Gasteiger partial charge in [-0.3, -0.25) is 0 Å². The van der Waals surface area contributed by atoms with Crippen LogP contribution in [0.15, 0.2) is 24.3 Å². The number of hydrogen-bond acceptors (Lipinski definition) is 5. The molecule has 4 atom stereocenters. The van der Waals surface area contributed by atoms with Crippen molar-refractivity contribution in [3.8, 4) is 5.75 Å². The Morgan fingerprint density at radius 2 is 1.55 bits per heavy atom. The lowest BCUT2D eigenvalue weighted by atomic mass is 10.0. The minimum absolute atomic E-state index is 0.689. The van der Waals surface area contributed by atoms with Crippen molar-refractivity contribution in [2.24, 2.45) is 0 Å². The third kappa shape index (κ3) is 7.85. The topological polar surface area (TPSA) is 32.8 Å². The molecule has 3 fully saturated rings. The van der Waals surface area contributed by atoms with E-state index in [1.165, 1.54) is 63.4 Å². The van der Waals surface area contributed by atoms with Crippen LogP contribution in [0.1, 0.15) is 70.3 Å². The molecule has 188 valence electrons. The predicted octanol–water partition coefficient (Wildman–Crippen LogP) is 7.99. The first-order chi connectivity index (χ1) is 15.8. The normalized spacial score (nSPS) is 25.2. The SMILES string of the molecule is CCCC1SSC(CCCCCCCc2cccc(OP(=O)(N(C)C)N(C)C)c2)C2CC1S2. The van der Waals surface area contributed by atoms with Gasteiger partial charge in [0.15, 0.2) is 0 Å². The van der Waals surface area contributed by atoms with Gasteiger partial charge in [0.1, 0.15) is 5.75 Å². The second-order valence-corrected chi connectivity index (χ2v) is 16.7. The molecule has 2 bridgehead atoms. The summed E-state index contributed by atoms with van der Waals surface area (Å²) in [6.07, 6.45) is 13.2. The Morgan fingerprint density at radius 3 is 2.18 bits per heavy atom. The molecule has 3 saturated heterocycles. The Balaban J connectivity index is 1.32. The number of benzene rings is 1. The molecule has 0 aromatic heterocycles. The minimum Gasteiger partial charge on any atom is -0.422 e. The first kappa shape index (κ1) is 27.8. The standard InChI is InChI=1S/C25H43N2O2PS3/c1-6-13-22-24-19-25(31-24)23(33-32-22)17-11-9-7-8-10-14-20-15-12-16-21(18-20)29-30(28,26(2)3)27(4)5/h12,15-16,18,22-25H,6-11,13-14,17,19H2,1-5H3. The highest BCUT2D eigenvalue weighted by atomic mass is 33.1. The van der Waals surface area contributed by atoms with Gasteiger partial charge >= 0.3 is 7.67 Å². The summed E-state index contributed by atoms with van der Waals surface area (Å²) in [6.45, 7) is 2.33. The zero-order chi connectivity index (χ0) is 23.8. The van der Waals surface area contributed by atoms with Crippen LogP contribution in [0.5, 0.6) is 5.75 Å². The van der Waals surface area contributed by atoms with E-state index in [9.17, 15) is 4.57 Å². The van der Waals surface area contributed by atoms with Gasteiger partial charge in [-0.1, -0.05) is 72.7 Å². The van der Waals surface area contributed by atoms with Gasteiger partial charge in [-0.05, 0) is 78.0 Å². The predicted molar refractivity (Wildman–Crippen MR) is 151 cm³/mol. The fraction of sp³-hybridized carbons (Fsp3) is 0.760. The van der Waals surface area contributed by atoms with Crippen LogP contribution in [-0.4, -0.2) is 58.5 Å². The van der Waals surface area contributed by atoms with Crippen molar-refractivity contribution >= 4 is 41.0 Å². The van der Waals surface area contributed by atoms with Crippen LogP contribution in [0.25, 0.3) is 0 Å². The van der Waals surface area contributed by atoms with Gasteiger partial charge < -0.3 is 4.52 Å². The molecule has 4 unspecified atom stereocenters. The van der Waals surface area contributed by atoms with Crippen LogP contribution in [-0.2, 0) is 11.0 Å². The van der Waals surface area contributed by atoms with Gasteiger partial charge in [0, 0.05) is 21.0 Å². The van der Waals surface area contributed by atoms with Gasteiger partial charge in [0.25, 0.3) is 0 Å². The van der Waals surface area contributed by atoms with Crippen molar-refractivity contribution in [2.75, 3.05) is 28.2 Å². The van der Waals surface area contributed by atoms with E-state index in [0.717, 1.165) is 27.4 Å². The molecule has 3 heterocycles. The molecule has 8 heteroatoms. The lowest BCUT2D eigenvalue weighted by Gasteiger charge is -2.38. The number of thioether (sulfide) groups is 1. The van der Waals surface area contributed by atoms with Gasteiger partial charge in [-0.15, -0.1) is 0 Å². The molecule has 3 aliphatic heterocycles. The van der Waals surface area contributed by atoms with Crippen LogP contribution in [0.2, 0.25) is 0 Å². The molecule has 1 aromatic rings. The fourth-order valence-corrected chi connectivity index (χ4v) is 12.1. The second-order valence-electron chi connectivity index (χ2n) is 9.74. The minimum atomic E-state index is -3.01. The van der Waals surface area contributed by atoms with E-state index >= 15 is 0 Å². The Bertz CT molecular complexity index is 762. The van der Waals surface area contributed by atoms with Gasteiger partial charge in [-0.2, -0.15) is 11.8 Å². The van der Waals surface area contributed by atoms with Crippen molar-refractivity contribution in [1.29, 1.82) is 0 Å². The number of nitrogens with zero attached hydrogens (tertiary/aromatic N) is 2. The first-order valence-electron chi connectivity index (χ1n) is 12.5. The summed E-state index contributed by atoms with van der Waals surface area (Å²) < 4.78 is 22.3. The van der Waals surface area contributed by atoms with Gasteiger partial charge in [-0.25, -0.2) is 13.9 Å². The van der Waals surface area contributed by atoms with Crippen LogP contribution < -0.4 is 4.52 Å². The molecular weight excluding hydrogens is 487 g/mol. The molecule has 0 saturated carbocycles. The summed E-state index contributed by atoms with van der Waals surface area (Å²) in [5.41, 5.74) is 1.27. The number of fused-ring (bicyclic) bond motifs is 3. The van der Waals surface area contributed by atoms with Crippen LogP contribution >= 0.6 is 41.0 Å². The maximum absolute atomic E-state index is 13.1. The van der Waals surface area contributed by atoms with Crippen molar-refractivity contribution < 1.29 is 9.09 Å². The van der Waals surface area contributed by atoms with E-state index in [1.807, 2.05) is 12.1 Å². The highest BCUT2D eigenvalue weighted by Crippen LogP contribution is 2.57. The van der Waals surface area contributed by atoms with E-state index in [-0.39, 0.29) is 0 Å². The van der Waals surface area contributed by atoms with Crippen molar-refractivity contribution in [1.82, 2.24) is 9.34 Å². The highest BCUT2D eigenvalue weighted by molar-refractivity contribution is 8.77. The molecule has 0 amide bonds. The number of aryl methyl sites for hydroxylation is 1. The lowest BCUT2D eigenvalue weighted by molar-refractivity contribution is 0.354. The van der Waals surface area contributed by atoms with Crippen LogP contribution in [0.4, 0.5) is 0 Å². The zero-order valence-corrected chi connectivity index (χ0v) is 24.4. The van der Waals surface area contributed by atoms with Gasteiger partial charge in [0.2, 0.25) is 0 Å². The summed E-state index contributed by atoms with van der Waals surface area (Å²) in [5.74, 6) is 0.689. The summed E-state index contributed by atoms with van der Waals surface area (Å²) >= 11 is 2.29. The highest BCUT2D eigenvalue weighted by Gasteiger charge is 2.43. The molecule has 4 rings (SSSR count). The fourth-order valence-electron chi connectivity index (χ4n) is 4.56. The summed E-state index contributed by atoms with van der Waals surface area (Å²) in [7, 11) is 8.59. The molecule has 4 nitrogen and oxygen atoms in total. The summed E-state index contributed by atoms with van der Waals surface area (Å²) in [5, 5.41) is 3.65. The molecule has 1 aromatic carbocycles. The quantitative estimate of drug-likeness (QED) is 0.137. The maximum atomic E-state index is 13.1. The number of unbranched alkanes of at least 4 members (excludes halogenated alkanes) is 4. The average Bonchev–Trinajstić information content (AvgIpc) is 3.01. The Labute approximate surface area is 214 Å².